The second kappa shape index (κ2) is 3.26. The van der Waals surface area contributed by atoms with Gasteiger partial charge in [-0.15, -0.1) is 0 Å². The highest BCUT2D eigenvalue weighted by atomic mass is 16.3. The SMILES string of the molecule is CN(C)c1nc(N)nc(O)c1C=O. The Morgan fingerprint density at radius 3 is 2.54 bits per heavy atom. The average molecular weight is 182 g/mol. The summed E-state index contributed by atoms with van der Waals surface area (Å²) in [6.45, 7) is 0. The second-order valence-electron chi connectivity index (χ2n) is 2.65. The highest BCUT2D eigenvalue weighted by molar-refractivity contribution is 5.86. The predicted octanol–water partition coefficient (Wildman–Crippen LogP) is -0.357. The van der Waals surface area contributed by atoms with Crippen LogP contribution in [0.5, 0.6) is 5.88 Å². The van der Waals surface area contributed by atoms with Crippen molar-refractivity contribution in [3.05, 3.63) is 5.56 Å². The van der Waals surface area contributed by atoms with Crippen LogP contribution >= 0.6 is 0 Å². The van der Waals surface area contributed by atoms with Crippen molar-refractivity contribution in [1.82, 2.24) is 9.97 Å². The van der Waals surface area contributed by atoms with Gasteiger partial charge in [-0.2, -0.15) is 9.97 Å². The summed E-state index contributed by atoms with van der Waals surface area (Å²) in [6, 6.07) is 0. The van der Waals surface area contributed by atoms with Crippen LogP contribution < -0.4 is 10.6 Å². The molecule has 1 aromatic heterocycles. The number of anilines is 2. The molecule has 70 valence electrons. The number of hydrogen-bond donors (Lipinski definition) is 2. The summed E-state index contributed by atoms with van der Waals surface area (Å²) >= 11 is 0. The molecule has 0 amide bonds. The normalized spacial score (nSPS) is 9.69. The van der Waals surface area contributed by atoms with Crippen molar-refractivity contribution in [2.45, 2.75) is 0 Å². The van der Waals surface area contributed by atoms with Gasteiger partial charge in [-0.1, -0.05) is 0 Å². The Hall–Kier alpha value is -1.85. The molecule has 0 saturated carbocycles. The molecule has 6 nitrogen and oxygen atoms in total. The van der Waals surface area contributed by atoms with Crippen molar-refractivity contribution in [2.24, 2.45) is 0 Å². The molecule has 0 aliphatic carbocycles. The van der Waals surface area contributed by atoms with Gasteiger partial charge in [-0.3, -0.25) is 4.79 Å². The van der Waals surface area contributed by atoms with E-state index in [9.17, 15) is 9.90 Å². The van der Waals surface area contributed by atoms with Crippen LogP contribution in [-0.4, -0.2) is 35.5 Å². The van der Waals surface area contributed by atoms with Crippen LogP contribution in [0.4, 0.5) is 11.8 Å². The van der Waals surface area contributed by atoms with Gasteiger partial charge in [0.05, 0.1) is 0 Å². The molecule has 0 bridgehead atoms. The molecule has 1 rings (SSSR count). The highest BCUT2D eigenvalue weighted by Gasteiger charge is 2.13. The molecule has 0 unspecified atom stereocenters. The number of nitrogen functional groups attached to an aromatic ring is 1. The Bertz CT molecular complexity index is 338. The summed E-state index contributed by atoms with van der Waals surface area (Å²) in [4.78, 5) is 19.4. The van der Waals surface area contributed by atoms with E-state index in [1.807, 2.05) is 0 Å². The van der Waals surface area contributed by atoms with Crippen molar-refractivity contribution < 1.29 is 9.90 Å². The van der Waals surface area contributed by atoms with Crippen LogP contribution in [0.3, 0.4) is 0 Å². The van der Waals surface area contributed by atoms with Crippen LogP contribution in [0.1, 0.15) is 10.4 Å². The van der Waals surface area contributed by atoms with Gasteiger partial charge in [0.2, 0.25) is 11.8 Å². The summed E-state index contributed by atoms with van der Waals surface area (Å²) in [5.41, 5.74) is 5.34. The maximum atomic E-state index is 10.6. The van der Waals surface area contributed by atoms with Gasteiger partial charge < -0.3 is 15.7 Å². The quantitative estimate of drug-likeness (QED) is 0.607. The molecule has 0 radical (unpaired) electrons. The van der Waals surface area contributed by atoms with Crippen molar-refractivity contribution in [3.8, 4) is 5.88 Å². The fourth-order valence-corrected chi connectivity index (χ4v) is 0.909. The van der Waals surface area contributed by atoms with E-state index < -0.39 is 5.88 Å². The van der Waals surface area contributed by atoms with E-state index in [0.717, 1.165) is 0 Å². The molecule has 13 heavy (non-hydrogen) atoms. The lowest BCUT2D eigenvalue weighted by Crippen LogP contribution is -2.15. The van der Waals surface area contributed by atoms with E-state index in [1.165, 1.54) is 0 Å². The number of nitrogens with zero attached hydrogens (tertiary/aromatic N) is 3. The average Bonchev–Trinajstić information content (AvgIpc) is 2.02. The third kappa shape index (κ3) is 1.66. The van der Waals surface area contributed by atoms with E-state index in [4.69, 9.17) is 5.73 Å². The minimum Gasteiger partial charge on any atom is -0.493 e. The zero-order valence-electron chi connectivity index (χ0n) is 7.35. The Morgan fingerprint density at radius 1 is 1.46 bits per heavy atom. The molecule has 6 heteroatoms. The zero-order valence-corrected chi connectivity index (χ0v) is 7.35. The number of aromatic nitrogens is 2. The molecule has 0 atom stereocenters. The molecule has 3 N–H and O–H groups in total. The maximum Gasteiger partial charge on any atom is 0.228 e. The molecule has 0 aliphatic rings. The Labute approximate surface area is 75.0 Å². The molecule has 1 heterocycles. The minimum absolute atomic E-state index is 0.0409. The predicted molar refractivity (Wildman–Crippen MR) is 47.8 cm³/mol. The Morgan fingerprint density at radius 2 is 2.08 bits per heavy atom. The van der Waals surface area contributed by atoms with Crippen molar-refractivity contribution in [3.63, 3.8) is 0 Å². The highest BCUT2D eigenvalue weighted by Crippen LogP contribution is 2.22. The lowest BCUT2D eigenvalue weighted by Gasteiger charge is -2.13. The Balaban J connectivity index is 3.38. The van der Waals surface area contributed by atoms with Crippen LogP contribution in [0.2, 0.25) is 0 Å². The van der Waals surface area contributed by atoms with E-state index in [1.54, 1.807) is 19.0 Å². The summed E-state index contributed by atoms with van der Waals surface area (Å²) in [7, 11) is 3.38. The molecule has 0 aliphatic heterocycles. The molecular formula is C7H10N4O2. The smallest absolute Gasteiger partial charge is 0.228 e. The molecule has 0 fully saturated rings. The minimum atomic E-state index is -0.397. The lowest BCUT2D eigenvalue weighted by atomic mass is 10.3. The van der Waals surface area contributed by atoms with Gasteiger partial charge in [0.1, 0.15) is 11.4 Å². The fraction of sp³-hybridized carbons (Fsp3) is 0.286. The molecular weight excluding hydrogens is 172 g/mol. The first-order valence-corrected chi connectivity index (χ1v) is 3.55. The molecule has 0 aromatic carbocycles. The molecule has 1 aromatic rings. The number of aldehydes is 1. The number of nitrogens with two attached hydrogens (primary N) is 1. The summed E-state index contributed by atoms with van der Waals surface area (Å²) in [6.07, 6.45) is 0.490. The first-order chi connectivity index (χ1) is 6.06. The number of aromatic hydroxyl groups is 1. The number of carbonyl (C=O) groups is 1. The van der Waals surface area contributed by atoms with Crippen molar-refractivity contribution >= 4 is 18.1 Å². The first kappa shape index (κ1) is 9.24. The summed E-state index contributed by atoms with van der Waals surface area (Å²) < 4.78 is 0. The second-order valence-corrected chi connectivity index (χ2v) is 2.65. The summed E-state index contributed by atoms with van der Waals surface area (Å²) in [5, 5.41) is 9.23. The Kier molecular flexibility index (Phi) is 2.32. The third-order valence-electron chi connectivity index (χ3n) is 1.46. The van der Waals surface area contributed by atoms with E-state index in [2.05, 4.69) is 9.97 Å². The van der Waals surface area contributed by atoms with Crippen LogP contribution in [-0.2, 0) is 0 Å². The third-order valence-corrected chi connectivity index (χ3v) is 1.46. The lowest BCUT2D eigenvalue weighted by molar-refractivity contribution is 0.112. The maximum absolute atomic E-state index is 10.6. The van der Waals surface area contributed by atoms with Gasteiger partial charge in [0, 0.05) is 14.1 Å². The van der Waals surface area contributed by atoms with Crippen LogP contribution in [0, 0.1) is 0 Å². The van der Waals surface area contributed by atoms with Gasteiger partial charge in [-0.25, -0.2) is 0 Å². The first-order valence-electron chi connectivity index (χ1n) is 3.55. The van der Waals surface area contributed by atoms with Crippen LogP contribution in [0.25, 0.3) is 0 Å². The number of rotatable bonds is 2. The van der Waals surface area contributed by atoms with Gasteiger partial charge in [0.25, 0.3) is 0 Å². The monoisotopic (exact) mass is 182 g/mol. The zero-order chi connectivity index (χ0) is 10.0. The molecule has 0 saturated heterocycles. The number of carbonyl (C=O) groups excluding carboxylic acids is 1. The van der Waals surface area contributed by atoms with E-state index in [0.29, 0.717) is 12.1 Å². The van der Waals surface area contributed by atoms with Crippen LogP contribution in [0.15, 0.2) is 0 Å². The van der Waals surface area contributed by atoms with E-state index in [-0.39, 0.29) is 11.5 Å². The van der Waals surface area contributed by atoms with Gasteiger partial charge in [-0.05, 0) is 0 Å². The molecule has 0 spiro atoms. The summed E-state index contributed by atoms with van der Waals surface area (Å²) in [5.74, 6) is -0.155. The van der Waals surface area contributed by atoms with Gasteiger partial charge in [0.15, 0.2) is 6.29 Å². The fourth-order valence-electron chi connectivity index (χ4n) is 0.909. The van der Waals surface area contributed by atoms with Gasteiger partial charge >= 0.3 is 0 Å². The number of hydrogen-bond acceptors (Lipinski definition) is 6. The van der Waals surface area contributed by atoms with Crippen molar-refractivity contribution in [2.75, 3.05) is 24.7 Å². The largest absolute Gasteiger partial charge is 0.493 e. The standard InChI is InChI=1S/C7H10N4O2/c1-11(2)5-4(3-12)6(13)10-7(8)9-5/h3H,1-2H3,(H3,8,9,10,13). The van der Waals surface area contributed by atoms with E-state index >= 15 is 0 Å². The topological polar surface area (TPSA) is 92.3 Å². The van der Waals surface area contributed by atoms with Crippen molar-refractivity contribution in [1.29, 1.82) is 0 Å².